The van der Waals surface area contributed by atoms with E-state index in [4.69, 9.17) is 4.74 Å². The van der Waals surface area contributed by atoms with Gasteiger partial charge in [0, 0.05) is 13.7 Å². The first kappa shape index (κ1) is 18.3. The number of carbonyl (C=O) groups excluding carboxylic acids is 1. The fourth-order valence-corrected chi connectivity index (χ4v) is 2.86. The Kier molecular flexibility index (Phi) is 4.94. The molecule has 9 heteroatoms. The van der Waals surface area contributed by atoms with Crippen LogP contribution in [0, 0.1) is 11.6 Å². The molecule has 1 aliphatic rings. The number of nitrogens with zero attached hydrogens (tertiary/aromatic N) is 2. The molecule has 0 saturated heterocycles. The molecule has 3 rings (SSSR count). The third-order valence-electron chi connectivity index (χ3n) is 4.21. The predicted octanol–water partition coefficient (Wildman–Crippen LogP) is 1.69. The molecule has 140 valence electrons. The molecule has 2 aromatic rings. The summed E-state index contributed by atoms with van der Waals surface area (Å²) in [5.41, 5.74) is 0.839. The van der Waals surface area contributed by atoms with Gasteiger partial charge < -0.3 is 24.8 Å². The van der Waals surface area contributed by atoms with Gasteiger partial charge in [0.1, 0.15) is 5.82 Å². The number of nitrogens with one attached hydrogen (secondary N) is 1. The predicted molar refractivity (Wildman–Crippen MR) is 88.0 cm³/mol. The number of benzene rings is 1. The van der Waals surface area contributed by atoms with Crippen molar-refractivity contribution in [3.63, 3.8) is 0 Å². The van der Waals surface area contributed by atoms with Gasteiger partial charge in [-0.2, -0.15) is 0 Å². The zero-order valence-corrected chi connectivity index (χ0v) is 14.2. The average molecular weight is 367 g/mol. The maximum absolute atomic E-state index is 13.4. The van der Waals surface area contributed by atoms with Gasteiger partial charge in [0.15, 0.2) is 17.9 Å². The van der Waals surface area contributed by atoms with Crippen molar-refractivity contribution < 1.29 is 28.5 Å². The second-order valence-electron chi connectivity index (χ2n) is 5.93. The fourth-order valence-electron chi connectivity index (χ4n) is 2.86. The number of aliphatic hydroxyl groups is 2. The van der Waals surface area contributed by atoms with Crippen LogP contribution in [-0.4, -0.2) is 46.0 Å². The first-order valence-corrected chi connectivity index (χ1v) is 8.01. The number of fused-ring (bicyclic) bond motifs is 1. The van der Waals surface area contributed by atoms with Crippen LogP contribution in [0.2, 0.25) is 0 Å². The highest BCUT2D eigenvalue weighted by Gasteiger charge is 2.37. The lowest BCUT2D eigenvalue weighted by Gasteiger charge is -2.39. The zero-order valence-electron chi connectivity index (χ0n) is 14.2. The molecule has 0 bridgehead atoms. The number of aromatic nitrogens is 1. The molecule has 2 atom stereocenters. The van der Waals surface area contributed by atoms with Crippen molar-refractivity contribution in [2.75, 3.05) is 18.6 Å². The summed E-state index contributed by atoms with van der Waals surface area (Å²) in [5.74, 6) is -2.20. The van der Waals surface area contributed by atoms with Gasteiger partial charge in [-0.1, -0.05) is 6.07 Å². The van der Waals surface area contributed by atoms with Crippen molar-refractivity contribution in [3.05, 3.63) is 52.7 Å². The molecule has 0 fully saturated rings. The van der Waals surface area contributed by atoms with Crippen molar-refractivity contribution >= 4 is 11.7 Å². The molecule has 0 radical (unpaired) electrons. The minimum absolute atomic E-state index is 0.116. The Labute approximate surface area is 148 Å². The Hall–Kier alpha value is -2.49. The van der Waals surface area contributed by atoms with E-state index in [1.807, 2.05) is 0 Å². The minimum Gasteiger partial charge on any atom is -0.363 e. The molecule has 1 aliphatic heterocycles. The number of rotatable bonds is 5. The lowest BCUT2D eigenvalue weighted by molar-refractivity contribution is -0.100. The smallest absolute Gasteiger partial charge is 0.261 e. The molecule has 1 aromatic heterocycles. The summed E-state index contributed by atoms with van der Waals surface area (Å²) < 4.78 is 31.6. The number of carbonyl (C=O) groups is 1. The van der Waals surface area contributed by atoms with E-state index in [2.05, 4.69) is 4.98 Å². The molecule has 3 N–H and O–H groups in total. The van der Waals surface area contributed by atoms with Crippen LogP contribution in [-0.2, 0) is 11.3 Å². The quantitative estimate of drug-likeness (QED) is 0.700. The Bertz CT molecular complexity index is 826. The summed E-state index contributed by atoms with van der Waals surface area (Å²) >= 11 is 0. The van der Waals surface area contributed by atoms with Crippen LogP contribution in [0.25, 0.3) is 0 Å². The van der Waals surface area contributed by atoms with Crippen LogP contribution in [0.15, 0.2) is 24.3 Å². The number of hydrogen-bond donors (Lipinski definition) is 3. The summed E-state index contributed by atoms with van der Waals surface area (Å²) in [4.78, 5) is 18.1. The summed E-state index contributed by atoms with van der Waals surface area (Å²) in [6.07, 6.45) is -2.55. The maximum atomic E-state index is 13.4. The Morgan fingerprint density at radius 2 is 2.04 bits per heavy atom. The van der Waals surface area contributed by atoms with Crippen LogP contribution in [0.5, 0.6) is 0 Å². The molecule has 26 heavy (non-hydrogen) atoms. The third-order valence-corrected chi connectivity index (χ3v) is 4.21. The highest BCUT2D eigenvalue weighted by Crippen LogP contribution is 2.32. The van der Waals surface area contributed by atoms with E-state index >= 15 is 0 Å². The first-order chi connectivity index (χ1) is 12.3. The number of aliphatic hydroxyl groups excluding tert-OH is 2. The Morgan fingerprint density at radius 3 is 2.69 bits per heavy atom. The van der Waals surface area contributed by atoms with Gasteiger partial charge in [-0.05, 0) is 30.7 Å². The average Bonchev–Trinajstić information content (AvgIpc) is 3.06. The van der Waals surface area contributed by atoms with E-state index in [1.54, 1.807) is 14.0 Å². The number of amides is 1. The van der Waals surface area contributed by atoms with E-state index in [0.717, 1.165) is 17.0 Å². The minimum atomic E-state index is -1.32. The van der Waals surface area contributed by atoms with Crippen molar-refractivity contribution in [3.8, 4) is 0 Å². The number of aromatic amines is 1. The molecule has 2 heterocycles. The molecule has 0 spiro atoms. The van der Waals surface area contributed by atoms with E-state index in [0.29, 0.717) is 11.4 Å². The maximum Gasteiger partial charge on any atom is 0.261 e. The van der Waals surface area contributed by atoms with Gasteiger partial charge >= 0.3 is 0 Å². The molecule has 1 amide bonds. The summed E-state index contributed by atoms with van der Waals surface area (Å²) in [7, 11) is 1.56. The zero-order chi connectivity index (χ0) is 19.0. The van der Waals surface area contributed by atoms with Crippen molar-refractivity contribution in [2.24, 2.45) is 0 Å². The molecule has 2 unspecified atom stereocenters. The molecule has 7 nitrogen and oxygen atoms in total. The highest BCUT2D eigenvalue weighted by atomic mass is 19.2. The van der Waals surface area contributed by atoms with E-state index in [-0.39, 0.29) is 24.4 Å². The van der Waals surface area contributed by atoms with Gasteiger partial charge in [0.05, 0.1) is 17.8 Å². The van der Waals surface area contributed by atoms with Crippen LogP contribution in [0.1, 0.15) is 34.8 Å². The van der Waals surface area contributed by atoms with Crippen molar-refractivity contribution in [1.82, 2.24) is 9.88 Å². The van der Waals surface area contributed by atoms with E-state index in [1.165, 1.54) is 17.0 Å². The van der Waals surface area contributed by atoms with E-state index in [9.17, 15) is 23.8 Å². The van der Waals surface area contributed by atoms with Crippen LogP contribution < -0.4 is 4.90 Å². The fraction of sp³-hybridized carbons (Fsp3) is 0.353. The standard InChI is InChI=1S/C17H19F2N3O4/c1-3-26-16(24)13-7-10-14(20-13)21(2)17(25)22(15(10)23)8-9-4-5-11(18)12(19)6-9/h4-7,16-17,20,24-25H,3,8H2,1-2H3. The number of anilines is 1. The third kappa shape index (κ3) is 3.16. The molecule has 1 aromatic carbocycles. The summed E-state index contributed by atoms with van der Waals surface area (Å²) in [6, 6.07) is 4.73. The number of halogens is 2. The molecule has 0 saturated carbocycles. The largest absolute Gasteiger partial charge is 0.363 e. The lowest BCUT2D eigenvalue weighted by Crippen LogP contribution is -2.53. The van der Waals surface area contributed by atoms with Gasteiger partial charge in [-0.15, -0.1) is 0 Å². The van der Waals surface area contributed by atoms with Crippen LogP contribution in [0.3, 0.4) is 0 Å². The Balaban J connectivity index is 1.90. The summed E-state index contributed by atoms with van der Waals surface area (Å²) in [6.45, 7) is 1.88. The van der Waals surface area contributed by atoms with Gasteiger partial charge in [0.25, 0.3) is 5.91 Å². The molecular weight excluding hydrogens is 348 g/mol. The van der Waals surface area contributed by atoms with Crippen molar-refractivity contribution in [1.29, 1.82) is 0 Å². The first-order valence-electron chi connectivity index (χ1n) is 8.01. The monoisotopic (exact) mass is 367 g/mol. The van der Waals surface area contributed by atoms with Crippen LogP contribution >= 0.6 is 0 Å². The number of H-pyrrole nitrogens is 1. The molecule has 0 aliphatic carbocycles. The Morgan fingerprint density at radius 1 is 1.31 bits per heavy atom. The van der Waals surface area contributed by atoms with Crippen molar-refractivity contribution in [2.45, 2.75) is 26.1 Å². The lowest BCUT2D eigenvalue weighted by atomic mass is 10.1. The van der Waals surface area contributed by atoms with Gasteiger partial charge in [-0.3, -0.25) is 9.69 Å². The highest BCUT2D eigenvalue weighted by molar-refractivity contribution is 6.01. The molecular formula is C17H19F2N3O4. The van der Waals surface area contributed by atoms with E-state index < -0.39 is 30.2 Å². The SMILES string of the molecule is CCOC(O)c1cc2c([nH]1)N(C)C(O)N(Cc1ccc(F)c(F)c1)C2=O. The second kappa shape index (κ2) is 7.02. The number of ether oxygens (including phenoxy) is 1. The topological polar surface area (TPSA) is 89.0 Å². The second-order valence-corrected chi connectivity index (χ2v) is 5.93. The normalized spacial score (nSPS) is 18.2. The number of hydrogen-bond acceptors (Lipinski definition) is 5. The van der Waals surface area contributed by atoms with Gasteiger partial charge in [-0.25, -0.2) is 8.78 Å². The van der Waals surface area contributed by atoms with Crippen LogP contribution in [0.4, 0.5) is 14.6 Å². The summed E-state index contributed by atoms with van der Waals surface area (Å²) in [5, 5.41) is 20.4. The van der Waals surface area contributed by atoms with Gasteiger partial charge in [0.2, 0.25) is 6.35 Å².